The van der Waals surface area contributed by atoms with Crippen molar-refractivity contribution in [1.29, 1.82) is 0 Å². The first-order chi connectivity index (χ1) is 6.24. The van der Waals surface area contributed by atoms with Crippen LogP contribution in [0, 0.1) is 0 Å². The maximum atomic E-state index is 9.60. The summed E-state index contributed by atoms with van der Waals surface area (Å²) >= 11 is 1.73. The number of ether oxygens (including phenoxy) is 1. The fraction of sp³-hybridized carbons (Fsp3) is 0.600. The highest BCUT2D eigenvalue weighted by Gasteiger charge is 2.12. The van der Waals surface area contributed by atoms with Gasteiger partial charge in [-0.15, -0.1) is 11.3 Å². The molecule has 0 aliphatic heterocycles. The van der Waals surface area contributed by atoms with Crippen LogP contribution in [0.1, 0.15) is 18.2 Å². The topological polar surface area (TPSA) is 29.5 Å². The van der Waals surface area contributed by atoms with Gasteiger partial charge in [-0.25, -0.2) is 0 Å². The van der Waals surface area contributed by atoms with Gasteiger partial charge in [0.15, 0.2) is 0 Å². The van der Waals surface area contributed by atoms with Crippen LogP contribution in [-0.4, -0.2) is 24.4 Å². The Hall–Kier alpha value is -0.380. The molecule has 2 unspecified atom stereocenters. The minimum Gasteiger partial charge on any atom is -0.390 e. The average Bonchev–Trinajstić information content (AvgIpc) is 2.65. The van der Waals surface area contributed by atoms with Crippen LogP contribution >= 0.6 is 11.3 Å². The van der Waals surface area contributed by atoms with Crippen molar-refractivity contribution >= 4 is 11.3 Å². The molecule has 1 heterocycles. The molecule has 2 atom stereocenters. The van der Waals surface area contributed by atoms with Gasteiger partial charge in [0.25, 0.3) is 0 Å². The number of rotatable bonds is 5. The molecule has 1 aromatic heterocycles. The molecule has 0 bridgehead atoms. The lowest BCUT2D eigenvalue weighted by atomic mass is 10.1. The molecule has 0 aromatic carbocycles. The first kappa shape index (κ1) is 10.7. The van der Waals surface area contributed by atoms with Crippen molar-refractivity contribution in [1.82, 2.24) is 0 Å². The molecule has 1 N–H and O–H groups in total. The highest BCUT2D eigenvalue weighted by molar-refractivity contribution is 7.09. The van der Waals surface area contributed by atoms with Crippen LogP contribution < -0.4 is 0 Å². The Bertz CT molecular complexity index is 221. The third-order valence-corrected chi connectivity index (χ3v) is 3.12. The molecule has 1 rings (SSSR count). The summed E-state index contributed by atoms with van der Waals surface area (Å²) in [7, 11) is 1.62. The molecule has 0 aliphatic rings. The maximum absolute atomic E-state index is 9.60. The molecule has 74 valence electrons. The number of hydrogen-bond donors (Lipinski definition) is 1. The van der Waals surface area contributed by atoms with Crippen molar-refractivity contribution in [2.24, 2.45) is 0 Å². The van der Waals surface area contributed by atoms with E-state index >= 15 is 0 Å². The molecule has 13 heavy (non-hydrogen) atoms. The summed E-state index contributed by atoms with van der Waals surface area (Å²) in [6.07, 6.45) is 1.29. The van der Waals surface area contributed by atoms with Crippen molar-refractivity contribution in [3.05, 3.63) is 22.4 Å². The Labute approximate surface area is 83.2 Å². The summed E-state index contributed by atoms with van der Waals surface area (Å²) in [6, 6.07) is 4.13. The monoisotopic (exact) mass is 200 g/mol. The first-order valence-corrected chi connectivity index (χ1v) is 5.35. The fourth-order valence-corrected chi connectivity index (χ4v) is 1.86. The van der Waals surface area contributed by atoms with Crippen LogP contribution in [-0.2, 0) is 11.2 Å². The standard InChI is InChI=1S/C10H16O2S/c1-8(12-2)10(11)6-5-9-4-3-7-13-9/h3-4,7-8,10-11H,5-6H2,1-2H3. The van der Waals surface area contributed by atoms with Crippen LogP contribution in [0.5, 0.6) is 0 Å². The quantitative estimate of drug-likeness (QED) is 0.788. The van der Waals surface area contributed by atoms with E-state index in [2.05, 4.69) is 11.4 Å². The minimum absolute atomic E-state index is 0.0695. The number of thiophene rings is 1. The Morgan fingerprint density at radius 3 is 2.92 bits per heavy atom. The molecular formula is C10H16O2S. The highest BCUT2D eigenvalue weighted by Crippen LogP contribution is 2.13. The van der Waals surface area contributed by atoms with Gasteiger partial charge < -0.3 is 9.84 Å². The molecule has 3 heteroatoms. The van der Waals surface area contributed by atoms with Crippen LogP contribution in [0.25, 0.3) is 0 Å². The van der Waals surface area contributed by atoms with Crippen LogP contribution in [0.3, 0.4) is 0 Å². The maximum Gasteiger partial charge on any atom is 0.0802 e. The van der Waals surface area contributed by atoms with E-state index in [9.17, 15) is 5.11 Å². The third kappa shape index (κ3) is 3.46. The van der Waals surface area contributed by atoms with E-state index in [1.54, 1.807) is 18.4 Å². The van der Waals surface area contributed by atoms with Gasteiger partial charge in [0.2, 0.25) is 0 Å². The smallest absolute Gasteiger partial charge is 0.0802 e. The molecule has 0 spiro atoms. The normalized spacial score (nSPS) is 15.6. The summed E-state index contributed by atoms with van der Waals surface area (Å²) in [5, 5.41) is 11.7. The summed E-state index contributed by atoms with van der Waals surface area (Å²) in [4.78, 5) is 1.32. The number of aliphatic hydroxyl groups excluding tert-OH is 1. The Kier molecular flexibility index (Phi) is 4.42. The predicted molar refractivity (Wildman–Crippen MR) is 55.1 cm³/mol. The van der Waals surface area contributed by atoms with E-state index in [-0.39, 0.29) is 12.2 Å². The second-order valence-corrected chi connectivity index (χ2v) is 4.16. The molecular weight excluding hydrogens is 184 g/mol. The van der Waals surface area contributed by atoms with Crippen molar-refractivity contribution in [2.75, 3.05) is 7.11 Å². The molecule has 1 aromatic rings. The molecule has 0 fully saturated rings. The van der Waals surface area contributed by atoms with Gasteiger partial charge in [-0.1, -0.05) is 6.07 Å². The predicted octanol–water partition coefficient (Wildman–Crippen LogP) is 2.08. The zero-order valence-corrected chi connectivity index (χ0v) is 8.88. The second kappa shape index (κ2) is 5.37. The van der Waals surface area contributed by atoms with Gasteiger partial charge >= 0.3 is 0 Å². The number of aliphatic hydroxyl groups is 1. The van der Waals surface area contributed by atoms with Gasteiger partial charge in [-0.05, 0) is 31.2 Å². The van der Waals surface area contributed by atoms with Gasteiger partial charge in [0, 0.05) is 12.0 Å². The van der Waals surface area contributed by atoms with Crippen molar-refractivity contribution in [3.8, 4) is 0 Å². The lowest BCUT2D eigenvalue weighted by Gasteiger charge is -2.16. The number of hydrogen-bond acceptors (Lipinski definition) is 3. The van der Waals surface area contributed by atoms with Crippen molar-refractivity contribution in [3.63, 3.8) is 0 Å². The van der Waals surface area contributed by atoms with Crippen molar-refractivity contribution in [2.45, 2.75) is 32.0 Å². The second-order valence-electron chi connectivity index (χ2n) is 3.13. The first-order valence-electron chi connectivity index (χ1n) is 4.47. The zero-order chi connectivity index (χ0) is 9.68. The minimum atomic E-state index is -0.355. The largest absolute Gasteiger partial charge is 0.390 e. The van der Waals surface area contributed by atoms with E-state index < -0.39 is 0 Å². The molecule has 0 amide bonds. The van der Waals surface area contributed by atoms with E-state index in [4.69, 9.17) is 4.74 Å². The summed E-state index contributed by atoms with van der Waals surface area (Å²) in [5.74, 6) is 0. The third-order valence-electron chi connectivity index (χ3n) is 2.18. The SMILES string of the molecule is COC(C)C(O)CCc1cccs1. The molecule has 0 saturated heterocycles. The molecule has 0 saturated carbocycles. The fourth-order valence-electron chi connectivity index (χ4n) is 1.14. The van der Waals surface area contributed by atoms with Gasteiger partial charge in [0.1, 0.15) is 0 Å². The molecule has 0 aliphatic carbocycles. The van der Waals surface area contributed by atoms with Crippen molar-refractivity contribution < 1.29 is 9.84 Å². The Balaban J connectivity index is 2.26. The number of aryl methyl sites for hydroxylation is 1. The molecule has 2 nitrogen and oxygen atoms in total. The lowest BCUT2D eigenvalue weighted by Crippen LogP contribution is -2.25. The van der Waals surface area contributed by atoms with Crippen LogP contribution in [0.15, 0.2) is 17.5 Å². The van der Waals surface area contributed by atoms with E-state index in [0.717, 1.165) is 12.8 Å². The molecule has 0 radical (unpaired) electrons. The number of methoxy groups -OCH3 is 1. The summed E-state index contributed by atoms with van der Waals surface area (Å²) in [5.41, 5.74) is 0. The van der Waals surface area contributed by atoms with E-state index in [0.29, 0.717) is 0 Å². The van der Waals surface area contributed by atoms with Gasteiger partial charge in [-0.3, -0.25) is 0 Å². The van der Waals surface area contributed by atoms with Gasteiger partial charge in [-0.2, -0.15) is 0 Å². The average molecular weight is 200 g/mol. The zero-order valence-electron chi connectivity index (χ0n) is 8.06. The summed E-state index contributed by atoms with van der Waals surface area (Å²) in [6.45, 7) is 1.89. The summed E-state index contributed by atoms with van der Waals surface area (Å²) < 4.78 is 5.04. The van der Waals surface area contributed by atoms with Crippen LogP contribution in [0.4, 0.5) is 0 Å². The van der Waals surface area contributed by atoms with E-state index in [1.165, 1.54) is 4.88 Å². The highest BCUT2D eigenvalue weighted by atomic mass is 32.1. The van der Waals surface area contributed by atoms with Gasteiger partial charge in [0.05, 0.1) is 12.2 Å². The Morgan fingerprint density at radius 1 is 1.62 bits per heavy atom. The van der Waals surface area contributed by atoms with E-state index in [1.807, 2.05) is 13.0 Å². The lowest BCUT2D eigenvalue weighted by molar-refractivity contribution is -0.00383. The van der Waals surface area contributed by atoms with Crippen LogP contribution in [0.2, 0.25) is 0 Å². The Morgan fingerprint density at radius 2 is 2.38 bits per heavy atom.